The topological polar surface area (TPSA) is 81.2 Å². The lowest BCUT2D eigenvalue weighted by Crippen LogP contribution is -2.30. The number of rotatable bonds is 4. The summed E-state index contributed by atoms with van der Waals surface area (Å²) < 4.78 is 11.3. The van der Waals surface area contributed by atoms with Crippen LogP contribution in [0.4, 0.5) is 0 Å². The Hall–Kier alpha value is -1.62. The zero-order valence-electron chi connectivity index (χ0n) is 10.6. The first-order chi connectivity index (χ1) is 8.70. The van der Waals surface area contributed by atoms with E-state index < -0.39 is 0 Å². The molecule has 1 aliphatic carbocycles. The van der Waals surface area contributed by atoms with Crippen LogP contribution >= 0.6 is 0 Å². The molecule has 0 saturated heterocycles. The number of amidine groups is 1. The van der Waals surface area contributed by atoms with Crippen LogP contribution in [0.25, 0.3) is 0 Å². The number of aromatic nitrogens is 1. The highest BCUT2D eigenvalue weighted by Gasteiger charge is 2.24. The van der Waals surface area contributed by atoms with Crippen molar-refractivity contribution >= 4 is 5.84 Å². The van der Waals surface area contributed by atoms with Gasteiger partial charge in [0.25, 0.3) is 0 Å². The normalized spacial score (nSPS) is 23.6. The molecule has 0 amide bonds. The maximum absolute atomic E-state index is 7.48. The molecule has 5 heteroatoms. The molecule has 2 rings (SSSR count). The molecule has 1 aromatic rings. The summed E-state index contributed by atoms with van der Waals surface area (Å²) in [5.74, 6) is 0.524. The van der Waals surface area contributed by atoms with E-state index in [0.717, 1.165) is 25.7 Å². The van der Waals surface area contributed by atoms with Gasteiger partial charge in [-0.3, -0.25) is 5.41 Å². The van der Waals surface area contributed by atoms with Crippen molar-refractivity contribution < 1.29 is 9.47 Å². The average molecular weight is 249 g/mol. The maximum Gasteiger partial charge on any atom is 0.149 e. The summed E-state index contributed by atoms with van der Waals surface area (Å²) in [5, 5.41) is 7.48. The van der Waals surface area contributed by atoms with Crippen molar-refractivity contribution in [2.24, 2.45) is 5.73 Å². The first-order valence-electron chi connectivity index (χ1n) is 6.19. The molecule has 1 saturated carbocycles. The van der Waals surface area contributed by atoms with E-state index in [2.05, 4.69) is 4.98 Å². The molecule has 5 nitrogen and oxygen atoms in total. The number of methoxy groups -OCH3 is 1. The van der Waals surface area contributed by atoms with Crippen molar-refractivity contribution in [3.63, 3.8) is 0 Å². The fourth-order valence-electron chi connectivity index (χ4n) is 2.29. The highest BCUT2D eigenvalue weighted by molar-refractivity contribution is 5.95. The van der Waals surface area contributed by atoms with E-state index in [9.17, 15) is 0 Å². The van der Waals surface area contributed by atoms with Crippen LogP contribution in [-0.2, 0) is 4.74 Å². The predicted molar refractivity (Wildman–Crippen MR) is 68.9 cm³/mol. The van der Waals surface area contributed by atoms with E-state index in [-0.39, 0.29) is 18.0 Å². The summed E-state index contributed by atoms with van der Waals surface area (Å²) in [6.45, 7) is 0. The van der Waals surface area contributed by atoms with E-state index in [4.69, 9.17) is 20.6 Å². The minimum absolute atomic E-state index is 0.0651. The Bertz CT molecular complexity index is 422. The zero-order valence-corrected chi connectivity index (χ0v) is 10.6. The van der Waals surface area contributed by atoms with E-state index >= 15 is 0 Å². The third-order valence-corrected chi connectivity index (χ3v) is 3.23. The van der Waals surface area contributed by atoms with E-state index in [1.165, 1.54) is 0 Å². The molecule has 0 aromatic carbocycles. The van der Waals surface area contributed by atoms with Crippen LogP contribution < -0.4 is 10.5 Å². The van der Waals surface area contributed by atoms with Gasteiger partial charge in [-0.25, -0.2) is 4.98 Å². The van der Waals surface area contributed by atoms with Crippen LogP contribution in [0.15, 0.2) is 18.3 Å². The van der Waals surface area contributed by atoms with Gasteiger partial charge in [0, 0.05) is 19.7 Å². The molecular weight excluding hydrogens is 230 g/mol. The highest BCUT2D eigenvalue weighted by atomic mass is 16.5. The first-order valence-corrected chi connectivity index (χ1v) is 6.19. The number of nitrogens with one attached hydrogen (secondary N) is 1. The second-order valence-electron chi connectivity index (χ2n) is 4.53. The Labute approximate surface area is 107 Å². The number of pyridine rings is 1. The summed E-state index contributed by atoms with van der Waals surface area (Å²) in [7, 11) is 1.73. The number of nitrogens with zero attached hydrogens (tertiary/aromatic N) is 1. The molecule has 0 spiro atoms. The Morgan fingerprint density at radius 1 is 1.44 bits per heavy atom. The van der Waals surface area contributed by atoms with E-state index in [1.54, 1.807) is 25.4 Å². The highest BCUT2D eigenvalue weighted by Crippen LogP contribution is 2.26. The average Bonchev–Trinajstić information content (AvgIpc) is 2.39. The smallest absolute Gasteiger partial charge is 0.149 e. The van der Waals surface area contributed by atoms with Crippen LogP contribution in [0.2, 0.25) is 0 Å². The molecule has 0 radical (unpaired) electrons. The van der Waals surface area contributed by atoms with Gasteiger partial charge in [0.2, 0.25) is 0 Å². The molecule has 98 valence electrons. The van der Waals surface area contributed by atoms with Crippen LogP contribution in [-0.4, -0.2) is 30.1 Å². The monoisotopic (exact) mass is 249 g/mol. The van der Waals surface area contributed by atoms with Crippen molar-refractivity contribution in [3.8, 4) is 5.75 Å². The van der Waals surface area contributed by atoms with E-state index in [1.807, 2.05) is 0 Å². The Morgan fingerprint density at radius 3 is 2.94 bits per heavy atom. The third-order valence-electron chi connectivity index (χ3n) is 3.23. The largest absolute Gasteiger partial charge is 0.488 e. The summed E-state index contributed by atoms with van der Waals surface area (Å²) in [6, 6.07) is 3.60. The molecule has 1 heterocycles. The maximum atomic E-state index is 7.48. The molecule has 0 bridgehead atoms. The lowest BCUT2D eigenvalue weighted by Gasteiger charge is -2.29. The van der Waals surface area contributed by atoms with Gasteiger partial charge in [0.1, 0.15) is 23.4 Å². The van der Waals surface area contributed by atoms with Gasteiger partial charge in [-0.1, -0.05) is 0 Å². The first kappa shape index (κ1) is 12.8. The van der Waals surface area contributed by atoms with Gasteiger partial charge in [0.05, 0.1) is 6.10 Å². The Morgan fingerprint density at radius 2 is 2.22 bits per heavy atom. The zero-order chi connectivity index (χ0) is 13.0. The lowest BCUT2D eigenvalue weighted by atomic mass is 9.95. The molecule has 1 aliphatic rings. The molecular formula is C13H19N3O2. The minimum atomic E-state index is -0.0651. The van der Waals surface area contributed by atoms with Crippen LogP contribution in [0.1, 0.15) is 31.4 Å². The second-order valence-corrected chi connectivity index (χ2v) is 4.53. The molecule has 2 unspecified atom stereocenters. The number of nitrogen functional groups attached to an aromatic ring is 1. The standard InChI is InChI=1S/C13H19N3O2/c1-17-9-4-2-5-10(8-9)18-11-6-3-7-16-12(11)13(14)15/h3,6-7,9-10H,2,4-5,8H2,1H3,(H3,14,15). The van der Waals surface area contributed by atoms with Crippen molar-refractivity contribution in [1.82, 2.24) is 4.98 Å². The molecule has 1 fully saturated rings. The lowest BCUT2D eigenvalue weighted by molar-refractivity contribution is 0.0208. The van der Waals surface area contributed by atoms with Crippen molar-refractivity contribution in [3.05, 3.63) is 24.0 Å². The van der Waals surface area contributed by atoms with Crippen molar-refractivity contribution in [1.29, 1.82) is 5.41 Å². The SMILES string of the molecule is COC1CCCC(Oc2cccnc2C(=N)N)C1. The molecule has 2 atom stereocenters. The molecule has 18 heavy (non-hydrogen) atoms. The van der Waals surface area contributed by atoms with Gasteiger partial charge in [-0.15, -0.1) is 0 Å². The summed E-state index contributed by atoms with van der Waals surface area (Å²) >= 11 is 0. The minimum Gasteiger partial charge on any atom is -0.488 e. The number of hydrogen-bond acceptors (Lipinski definition) is 4. The number of ether oxygens (including phenoxy) is 2. The van der Waals surface area contributed by atoms with Gasteiger partial charge in [-0.05, 0) is 31.4 Å². The second kappa shape index (κ2) is 5.82. The number of nitrogens with two attached hydrogens (primary N) is 1. The molecule has 1 aromatic heterocycles. The van der Waals surface area contributed by atoms with Crippen LogP contribution in [0.3, 0.4) is 0 Å². The molecule has 0 aliphatic heterocycles. The molecule has 3 N–H and O–H groups in total. The Kier molecular flexibility index (Phi) is 4.15. The van der Waals surface area contributed by atoms with Crippen molar-refractivity contribution in [2.45, 2.75) is 37.9 Å². The summed E-state index contributed by atoms with van der Waals surface area (Å²) in [4.78, 5) is 4.08. The van der Waals surface area contributed by atoms with Gasteiger partial charge >= 0.3 is 0 Å². The summed E-state index contributed by atoms with van der Waals surface area (Å²) in [6.07, 6.45) is 6.06. The predicted octanol–water partition coefficient (Wildman–Crippen LogP) is 1.70. The van der Waals surface area contributed by atoms with Gasteiger partial charge in [-0.2, -0.15) is 0 Å². The van der Waals surface area contributed by atoms with Gasteiger partial charge in [0.15, 0.2) is 0 Å². The third kappa shape index (κ3) is 2.98. The number of hydrogen-bond donors (Lipinski definition) is 2. The fourth-order valence-corrected chi connectivity index (χ4v) is 2.29. The van der Waals surface area contributed by atoms with Gasteiger partial charge < -0.3 is 15.2 Å². The summed E-state index contributed by atoms with van der Waals surface area (Å²) in [5.41, 5.74) is 5.90. The van der Waals surface area contributed by atoms with E-state index in [0.29, 0.717) is 11.4 Å². The van der Waals surface area contributed by atoms with Crippen LogP contribution in [0.5, 0.6) is 5.75 Å². The van der Waals surface area contributed by atoms with Crippen LogP contribution in [0, 0.1) is 5.41 Å². The quantitative estimate of drug-likeness (QED) is 0.628. The van der Waals surface area contributed by atoms with Crippen molar-refractivity contribution in [2.75, 3.05) is 7.11 Å². The fraction of sp³-hybridized carbons (Fsp3) is 0.538. The Balaban J connectivity index is 2.07.